The molecule has 0 atom stereocenters. The van der Waals surface area contributed by atoms with Crippen molar-refractivity contribution >= 4 is 27.3 Å². The van der Waals surface area contributed by atoms with Gasteiger partial charge in [0.25, 0.3) is 0 Å². The molecule has 1 heterocycles. The zero-order valence-corrected chi connectivity index (χ0v) is 9.37. The predicted octanol–water partition coefficient (Wildman–Crippen LogP) is 3.10. The summed E-state index contributed by atoms with van der Waals surface area (Å²) in [7, 11) is 0. The molecule has 0 spiro atoms. The summed E-state index contributed by atoms with van der Waals surface area (Å²) in [6, 6.07) is 2.09. The minimum Gasteiger partial charge on any atom is -0.244 e. The van der Waals surface area contributed by atoms with Crippen LogP contribution in [0.15, 0.2) is 3.79 Å². The van der Waals surface area contributed by atoms with Crippen molar-refractivity contribution in [3.8, 4) is 6.07 Å². The van der Waals surface area contributed by atoms with Gasteiger partial charge in [-0.1, -0.05) is 13.8 Å². The molecule has 0 aliphatic heterocycles. The van der Waals surface area contributed by atoms with Crippen LogP contribution in [0.1, 0.15) is 30.5 Å². The fourth-order valence-electron chi connectivity index (χ4n) is 0.781. The van der Waals surface area contributed by atoms with Crippen LogP contribution in [-0.4, -0.2) is 4.98 Å². The normalized spacial score (nSPS) is 10.2. The first kappa shape index (κ1) is 9.69. The molecule has 64 valence electrons. The van der Waals surface area contributed by atoms with Gasteiger partial charge in [-0.3, -0.25) is 0 Å². The van der Waals surface area contributed by atoms with E-state index in [0.717, 1.165) is 14.5 Å². The van der Waals surface area contributed by atoms with Crippen molar-refractivity contribution < 1.29 is 0 Å². The van der Waals surface area contributed by atoms with E-state index in [1.165, 1.54) is 0 Å². The lowest BCUT2D eigenvalue weighted by atomic mass is 10.2. The Hall–Kier alpha value is -0.400. The summed E-state index contributed by atoms with van der Waals surface area (Å²) in [6.07, 6.45) is 0.393. The van der Waals surface area contributed by atoms with E-state index in [2.05, 4.69) is 40.8 Å². The first-order chi connectivity index (χ1) is 5.65. The van der Waals surface area contributed by atoms with Gasteiger partial charge in [-0.25, -0.2) is 4.98 Å². The molecular weight excluding hydrogens is 236 g/mol. The van der Waals surface area contributed by atoms with Crippen LogP contribution in [0.4, 0.5) is 0 Å². The lowest BCUT2D eigenvalue weighted by molar-refractivity contribution is 0.844. The second-order valence-corrected chi connectivity index (χ2v) is 5.11. The molecule has 0 N–H and O–H groups in total. The quantitative estimate of drug-likeness (QED) is 0.802. The molecular formula is C8H9BrN2S. The number of nitriles is 1. The molecule has 1 aromatic rings. The van der Waals surface area contributed by atoms with Crippen molar-refractivity contribution in [2.45, 2.75) is 26.2 Å². The van der Waals surface area contributed by atoms with E-state index in [-0.39, 0.29) is 0 Å². The standard InChI is InChI=1S/C8H9BrN2S/c1-5(2)8-11-6(3-4-10)7(9)12-8/h5H,3H2,1-2H3. The molecule has 1 aromatic heterocycles. The average Bonchev–Trinajstić information content (AvgIpc) is 2.34. The van der Waals surface area contributed by atoms with Gasteiger partial charge in [0.15, 0.2) is 0 Å². The first-order valence-corrected chi connectivity index (χ1v) is 5.28. The lowest BCUT2D eigenvalue weighted by Gasteiger charge is -1.94. The van der Waals surface area contributed by atoms with Crippen molar-refractivity contribution in [3.63, 3.8) is 0 Å². The Labute approximate surface area is 84.4 Å². The van der Waals surface area contributed by atoms with Crippen LogP contribution in [0.2, 0.25) is 0 Å². The second-order valence-electron chi connectivity index (χ2n) is 2.76. The van der Waals surface area contributed by atoms with E-state index in [9.17, 15) is 0 Å². The molecule has 4 heteroatoms. The van der Waals surface area contributed by atoms with Gasteiger partial charge >= 0.3 is 0 Å². The van der Waals surface area contributed by atoms with Gasteiger partial charge in [-0.2, -0.15) is 5.26 Å². The Kier molecular flexibility index (Phi) is 3.24. The number of nitrogens with zero attached hydrogens (tertiary/aromatic N) is 2. The fraction of sp³-hybridized carbons (Fsp3) is 0.500. The van der Waals surface area contributed by atoms with Crippen LogP contribution in [-0.2, 0) is 6.42 Å². The Morgan fingerprint density at radius 2 is 2.33 bits per heavy atom. The van der Waals surface area contributed by atoms with Crippen molar-refractivity contribution in [1.29, 1.82) is 5.26 Å². The lowest BCUT2D eigenvalue weighted by Crippen LogP contribution is -1.87. The molecule has 0 saturated heterocycles. The molecule has 0 fully saturated rings. The van der Waals surface area contributed by atoms with Gasteiger partial charge in [0, 0.05) is 5.92 Å². The Morgan fingerprint density at radius 1 is 1.67 bits per heavy atom. The minimum atomic E-state index is 0.393. The molecule has 0 amide bonds. The average molecular weight is 245 g/mol. The smallest absolute Gasteiger partial charge is 0.0965 e. The van der Waals surface area contributed by atoms with E-state index in [0.29, 0.717) is 12.3 Å². The summed E-state index contributed by atoms with van der Waals surface area (Å²) in [5.74, 6) is 0.443. The van der Waals surface area contributed by atoms with Gasteiger partial charge in [0.1, 0.15) is 0 Å². The molecule has 0 aliphatic rings. The van der Waals surface area contributed by atoms with E-state index < -0.39 is 0 Å². The van der Waals surface area contributed by atoms with Gasteiger partial charge in [0.05, 0.1) is 27.0 Å². The van der Waals surface area contributed by atoms with Crippen LogP contribution < -0.4 is 0 Å². The third-order valence-electron chi connectivity index (χ3n) is 1.41. The highest BCUT2D eigenvalue weighted by molar-refractivity contribution is 9.11. The van der Waals surface area contributed by atoms with Crippen LogP contribution in [0.25, 0.3) is 0 Å². The maximum atomic E-state index is 8.49. The van der Waals surface area contributed by atoms with Crippen LogP contribution in [0, 0.1) is 11.3 Å². The largest absolute Gasteiger partial charge is 0.244 e. The molecule has 0 aliphatic carbocycles. The topological polar surface area (TPSA) is 36.7 Å². The number of halogens is 1. The molecule has 0 bridgehead atoms. The third-order valence-corrected chi connectivity index (χ3v) is 3.54. The predicted molar refractivity (Wildman–Crippen MR) is 53.2 cm³/mol. The second kappa shape index (κ2) is 4.01. The number of hydrogen-bond donors (Lipinski definition) is 0. The summed E-state index contributed by atoms with van der Waals surface area (Å²) < 4.78 is 0.993. The molecule has 0 aromatic carbocycles. The van der Waals surface area contributed by atoms with Gasteiger partial charge in [0.2, 0.25) is 0 Å². The summed E-state index contributed by atoms with van der Waals surface area (Å²) in [6.45, 7) is 4.20. The van der Waals surface area contributed by atoms with Crippen molar-refractivity contribution in [3.05, 3.63) is 14.5 Å². The maximum Gasteiger partial charge on any atom is 0.0965 e. The Bertz CT molecular complexity index is 311. The molecule has 0 saturated carbocycles. The number of hydrogen-bond acceptors (Lipinski definition) is 3. The van der Waals surface area contributed by atoms with Gasteiger partial charge < -0.3 is 0 Å². The summed E-state index contributed by atoms with van der Waals surface area (Å²) >= 11 is 5.01. The fourth-order valence-corrected chi connectivity index (χ4v) is 2.32. The molecule has 0 unspecified atom stereocenters. The van der Waals surface area contributed by atoms with Crippen molar-refractivity contribution in [1.82, 2.24) is 4.98 Å². The molecule has 2 nitrogen and oxygen atoms in total. The Balaban J connectivity index is 2.94. The van der Waals surface area contributed by atoms with E-state index in [1.807, 2.05) is 0 Å². The zero-order valence-electron chi connectivity index (χ0n) is 6.97. The number of rotatable bonds is 2. The first-order valence-electron chi connectivity index (χ1n) is 3.67. The van der Waals surface area contributed by atoms with Crippen LogP contribution in [0.5, 0.6) is 0 Å². The summed E-state index contributed by atoms with van der Waals surface area (Å²) in [5.41, 5.74) is 0.867. The summed E-state index contributed by atoms with van der Waals surface area (Å²) in [5, 5.41) is 9.58. The van der Waals surface area contributed by atoms with Gasteiger partial charge in [-0.05, 0) is 15.9 Å². The molecule has 1 rings (SSSR count). The number of aromatic nitrogens is 1. The van der Waals surface area contributed by atoms with Gasteiger partial charge in [-0.15, -0.1) is 11.3 Å². The number of thiazole rings is 1. The Morgan fingerprint density at radius 3 is 2.75 bits per heavy atom. The van der Waals surface area contributed by atoms with Crippen molar-refractivity contribution in [2.75, 3.05) is 0 Å². The van der Waals surface area contributed by atoms with E-state index in [1.54, 1.807) is 11.3 Å². The van der Waals surface area contributed by atoms with Crippen LogP contribution in [0.3, 0.4) is 0 Å². The summed E-state index contributed by atoms with van der Waals surface area (Å²) in [4.78, 5) is 4.35. The van der Waals surface area contributed by atoms with Crippen molar-refractivity contribution in [2.24, 2.45) is 0 Å². The highest BCUT2D eigenvalue weighted by Crippen LogP contribution is 2.29. The van der Waals surface area contributed by atoms with Crippen LogP contribution >= 0.6 is 27.3 Å². The highest BCUT2D eigenvalue weighted by atomic mass is 79.9. The molecule has 0 radical (unpaired) electrons. The zero-order chi connectivity index (χ0) is 9.14. The van der Waals surface area contributed by atoms with E-state index in [4.69, 9.17) is 5.26 Å². The monoisotopic (exact) mass is 244 g/mol. The highest BCUT2D eigenvalue weighted by Gasteiger charge is 2.10. The molecule has 12 heavy (non-hydrogen) atoms. The van der Waals surface area contributed by atoms with E-state index >= 15 is 0 Å². The maximum absolute atomic E-state index is 8.49. The third kappa shape index (κ3) is 2.05. The SMILES string of the molecule is CC(C)c1nc(CC#N)c(Br)s1. The minimum absolute atomic E-state index is 0.393.